The lowest BCUT2D eigenvalue weighted by Crippen LogP contribution is -2.47. The highest BCUT2D eigenvalue weighted by atomic mass is 19.1. The van der Waals surface area contributed by atoms with E-state index in [0.29, 0.717) is 38.2 Å². The monoisotopic (exact) mass is 349 g/mol. The highest BCUT2D eigenvalue weighted by Crippen LogP contribution is 2.24. The van der Waals surface area contributed by atoms with Gasteiger partial charge in [0.2, 0.25) is 0 Å². The molecule has 2 heterocycles. The molecular formula is C19H28FN3O2. The van der Waals surface area contributed by atoms with E-state index in [2.05, 4.69) is 12.2 Å². The van der Waals surface area contributed by atoms with Gasteiger partial charge in [0.05, 0.1) is 11.8 Å². The number of urea groups is 1. The van der Waals surface area contributed by atoms with Gasteiger partial charge in [-0.15, -0.1) is 0 Å². The summed E-state index contributed by atoms with van der Waals surface area (Å²) in [5, 5.41) is 12.5. The van der Waals surface area contributed by atoms with Gasteiger partial charge in [0.15, 0.2) is 0 Å². The summed E-state index contributed by atoms with van der Waals surface area (Å²) in [7, 11) is 0. The first-order valence-corrected chi connectivity index (χ1v) is 9.30. The van der Waals surface area contributed by atoms with E-state index in [1.165, 1.54) is 12.5 Å². The molecule has 2 aliphatic rings. The normalized spacial score (nSPS) is 22.1. The molecule has 6 heteroatoms. The van der Waals surface area contributed by atoms with Crippen LogP contribution in [0.2, 0.25) is 0 Å². The SMILES string of the molecule is CC1CCCCN1C(=O)NCc1ccc(N2CCC(O)CC2)c(F)c1. The molecule has 25 heavy (non-hydrogen) atoms. The quantitative estimate of drug-likeness (QED) is 0.882. The number of hydrogen-bond donors (Lipinski definition) is 2. The molecule has 138 valence electrons. The van der Waals surface area contributed by atoms with Crippen molar-refractivity contribution >= 4 is 11.7 Å². The average molecular weight is 349 g/mol. The zero-order valence-electron chi connectivity index (χ0n) is 14.9. The Bertz CT molecular complexity index is 602. The number of anilines is 1. The average Bonchev–Trinajstić information content (AvgIpc) is 2.61. The number of nitrogens with zero attached hydrogens (tertiary/aromatic N) is 2. The summed E-state index contributed by atoms with van der Waals surface area (Å²) in [5.74, 6) is -0.269. The third-order valence-corrected chi connectivity index (χ3v) is 5.32. The summed E-state index contributed by atoms with van der Waals surface area (Å²) in [6.45, 7) is 4.53. The molecule has 0 radical (unpaired) electrons. The van der Waals surface area contributed by atoms with Gasteiger partial charge < -0.3 is 20.2 Å². The predicted molar refractivity (Wildman–Crippen MR) is 96.1 cm³/mol. The number of amides is 2. The van der Waals surface area contributed by atoms with E-state index in [-0.39, 0.29) is 24.0 Å². The maximum atomic E-state index is 14.4. The highest BCUT2D eigenvalue weighted by molar-refractivity contribution is 5.74. The second-order valence-electron chi connectivity index (χ2n) is 7.20. The molecule has 3 rings (SSSR count). The third kappa shape index (κ3) is 4.42. The topological polar surface area (TPSA) is 55.8 Å². The molecule has 0 bridgehead atoms. The lowest BCUT2D eigenvalue weighted by atomic mass is 10.0. The number of hydrogen-bond acceptors (Lipinski definition) is 3. The molecule has 2 amide bonds. The van der Waals surface area contributed by atoms with Gasteiger partial charge in [0.25, 0.3) is 0 Å². The Kier molecular flexibility index (Phi) is 5.78. The van der Waals surface area contributed by atoms with Crippen LogP contribution in [-0.2, 0) is 6.54 Å². The van der Waals surface area contributed by atoms with Crippen molar-refractivity contribution in [3.63, 3.8) is 0 Å². The van der Waals surface area contributed by atoms with Crippen LogP contribution in [0, 0.1) is 5.82 Å². The first-order valence-electron chi connectivity index (χ1n) is 9.30. The Morgan fingerprint density at radius 3 is 2.68 bits per heavy atom. The summed E-state index contributed by atoms with van der Waals surface area (Å²) in [6.07, 6.45) is 4.33. The van der Waals surface area contributed by atoms with Gasteiger partial charge in [-0.2, -0.15) is 0 Å². The molecule has 0 aromatic heterocycles. The fourth-order valence-electron chi connectivity index (χ4n) is 3.70. The molecule has 0 spiro atoms. The standard InChI is InChI=1S/C19H28FN3O2/c1-14-4-2-3-9-23(14)19(25)21-13-15-5-6-18(17(20)12-15)22-10-7-16(24)8-11-22/h5-6,12,14,16,24H,2-4,7-11,13H2,1H3,(H,21,25). The van der Waals surface area contributed by atoms with Gasteiger partial charge >= 0.3 is 6.03 Å². The van der Waals surface area contributed by atoms with Gasteiger partial charge in [-0.1, -0.05) is 6.07 Å². The van der Waals surface area contributed by atoms with Crippen LogP contribution in [-0.4, -0.2) is 47.8 Å². The van der Waals surface area contributed by atoms with Crippen LogP contribution in [0.5, 0.6) is 0 Å². The van der Waals surface area contributed by atoms with E-state index in [1.807, 2.05) is 15.9 Å². The molecule has 0 saturated carbocycles. The molecule has 5 nitrogen and oxygen atoms in total. The maximum Gasteiger partial charge on any atom is 0.317 e. The van der Waals surface area contributed by atoms with Crippen molar-refractivity contribution in [1.29, 1.82) is 0 Å². The van der Waals surface area contributed by atoms with Crippen molar-refractivity contribution in [2.24, 2.45) is 0 Å². The van der Waals surface area contributed by atoms with Gasteiger partial charge in [-0.05, 0) is 56.7 Å². The molecule has 2 N–H and O–H groups in total. The minimum absolute atomic E-state index is 0.0679. The van der Waals surface area contributed by atoms with Crippen molar-refractivity contribution in [2.45, 2.75) is 57.7 Å². The summed E-state index contributed by atoms with van der Waals surface area (Å²) in [4.78, 5) is 16.1. The largest absolute Gasteiger partial charge is 0.393 e. The Balaban J connectivity index is 1.56. The van der Waals surface area contributed by atoms with Gasteiger partial charge in [-0.3, -0.25) is 0 Å². The van der Waals surface area contributed by atoms with Crippen LogP contribution in [0.25, 0.3) is 0 Å². The summed E-state index contributed by atoms with van der Waals surface area (Å²) in [6, 6.07) is 5.34. The van der Waals surface area contributed by atoms with Crippen LogP contribution in [0.4, 0.5) is 14.9 Å². The lowest BCUT2D eigenvalue weighted by Gasteiger charge is -2.33. The van der Waals surface area contributed by atoms with Crippen molar-refractivity contribution in [3.8, 4) is 0 Å². The number of rotatable bonds is 3. The number of nitrogens with one attached hydrogen (secondary N) is 1. The zero-order valence-corrected chi connectivity index (χ0v) is 14.9. The molecule has 1 aromatic rings. The number of benzene rings is 1. The van der Waals surface area contributed by atoms with E-state index in [1.54, 1.807) is 6.07 Å². The minimum Gasteiger partial charge on any atom is -0.393 e. The van der Waals surface area contributed by atoms with E-state index >= 15 is 0 Å². The molecule has 0 aliphatic carbocycles. The second kappa shape index (κ2) is 8.04. The summed E-state index contributed by atoms with van der Waals surface area (Å²) < 4.78 is 14.4. The van der Waals surface area contributed by atoms with Crippen molar-refractivity contribution in [2.75, 3.05) is 24.5 Å². The predicted octanol–water partition coefficient (Wildman–Crippen LogP) is 2.87. The number of aliphatic hydroxyl groups is 1. The van der Waals surface area contributed by atoms with Crippen LogP contribution < -0.4 is 10.2 Å². The summed E-state index contributed by atoms with van der Waals surface area (Å²) >= 11 is 0. The van der Waals surface area contributed by atoms with Crippen LogP contribution in [0.3, 0.4) is 0 Å². The van der Waals surface area contributed by atoms with Crippen LogP contribution >= 0.6 is 0 Å². The van der Waals surface area contributed by atoms with E-state index in [4.69, 9.17) is 0 Å². The number of aliphatic hydroxyl groups excluding tert-OH is 1. The lowest BCUT2D eigenvalue weighted by molar-refractivity contribution is 0.145. The number of carbonyl (C=O) groups excluding carboxylic acids is 1. The first kappa shape index (κ1) is 18.0. The fraction of sp³-hybridized carbons (Fsp3) is 0.632. The van der Waals surface area contributed by atoms with Gasteiger partial charge in [-0.25, -0.2) is 9.18 Å². The van der Waals surface area contributed by atoms with E-state index in [0.717, 1.165) is 24.9 Å². The molecule has 2 saturated heterocycles. The Morgan fingerprint density at radius 2 is 2.00 bits per heavy atom. The van der Waals surface area contributed by atoms with Crippen LogP contribution in [0.15, 0.2) is 18.2 Å². The molecule has 1 unspecified atom stereocenters. The van der Waals surface area contributed by atoms with E-state index < -0.39 is 0 Å². The smallest absolute Gasteiger partial charge is 0.317 e. The van der Waals surface area contributed by atoms with Gasteiger partial charge in [0.1, 0.15) is 5.82 Å². The zero-order chi connectivity index (χ0) is 17.8. The minimum atomic E-state index is -0.272. The maximum absolute atomic E-state index is 14.4. The number of carbonyl (C=O) groups is 1. The molecule has 1 atom stereocenters. The molecule has 1 aromatic carbocycles. The van der Waals surface area contributed by atoms with Crippen LogP contribution in [0.1, 0.15) is 44.6 Å². The number of likely N-dealkylation sites (tertiary alicyclic amines) is 1. The molecule has 2 fully saturated rings. The van der Waals surface area contributed by atoms with Crippen molar-refractivity contribution < 1.29 is 14.3 Å². The first-order chi connectivity index (χ1) is 12.0. The highest BCUT2D eigenvalue weighted by Gasteiger charge is 2.23. The van der Waals surface area contributed by atoms with Crippen molar-refractivity contribution in [3.05, 3.63) is 29.6 Å². The van der Waals surface area contributed by atoms with Crippen molar-refractivity contribution in [1.82, 2.24) is 10.2 Å². The second-order valence-corrected chi connectivity index (χ2v) is 7.20. The molecular weight excluding hydrogens is 321 g/mol. The Labute approximate surface area is 148 Å². The Hall–Kier alpha value is -1.82. The summed E-state index contributed by atoms with van der Waals surface area (Å²) in [5.41, 5.74) is 1.34. The fourth-order valence-corrected chi connectivity index (χ4v) is 3.70. The van der Waals surface area contributed by atoms with Gasteiger partial charge in [0, 0.05) is 32.2 Å². The number of halogens is 1. The number of piperidine rings is 2. The molecule has 2 aliphatic heterocycles. The van der Waals surface area contributed by atoms with E-state index in [9.17, 15) is 14.3 Å². The Morgan fingerprint density at radius 1 is 1.24 bits per heavy atom. The third-order valence-electron chi connectivity index (χ3n) is 5.32.